The summed E-state index contributed by atoms with van der Waals surface area (Å²) >= 11 is 4.96. The summed E-state index contributed by atoms with van der Waals surface area (Å²) in [6.07, 6.45) is -0.133. The van der Waals surface area contributed by atoms with Crippen molar-refractivity contribution in [3.63, 3.8) is 0 Å². The SMILES string of the molecule is Cn1c(=S)ccn([C@H]2C[C@H](O)[C@@H](CO)O2)c1=O. The molecular formula is C10H14N2O4S. The van der Waals surface area contributed by atoms with E-state index in [-0.39, 0.29) is 18.7 Å². The monoisotopic (exact) mass is 258 g/mol. The fourth-order valence-electron chi connectivity index (χ4n) is 1.86. The number of nitrogens with zero attached hydrogens (tertiary/aromatic N) is 2. The maximum absolute atomic E-state index is 11.9. The van der Waals surface area contributed by atoms with Gasteiger partial charge < -0.3 is 14.9 Å². The van der Waals surface area contributed by atoms with Crippen LogP contribution < -0.4 is 5.69 Å². The lowest BCUT2D eigenvalue weighted by Gasteiger charge is -2.15. The number of ether oxygens (including phenoxy) is 1. The summed E-state index contributed by atoms with van der Waals surface area (Å²) < 4.78 is 8.53. The van der Waals surface area contributed by atoms with E-state index in [0.717, 1.165) is 0 Å². The van der Waals surface area contributed by atoms with E-state index in [1.165, 1.54) is 9.13 Å². The zero-order valence-corrected chi connectivity index (χ0v) is 10.1. The van der Waals surface area contributed by atoms with Gasteiger partial charge in [0.2, 0.25) is 0 Å². The van der Waals surface area contributed by atoms with Crippen LogP contribution in [0.25, 0.3) is 0 Å². The summed E-state index contributed by atoms with van der Waals surface area (Å²) in [5, 5.41) is 18.6. The first-order chi connectivity index (χ1) is 8.04. The van der Waals surface area contributed by atoms with Crippen LogP contribution in [-0.4, -0.2) is 38.2 Å². The molecule has 2 heterocycles. The minimum absolute atomic E-state index is 0.266. The molecule has 1 aliphatic rings. The molecule has 0 bridgehead atoms. The number of aliphatic hydroxyl groups excluding tert-OH is 2. The predicted molar refractivity (Wildman–Crippen MR) is 62.1 cm³/mol. The summed E-state index contributed by atoms with van der Waals surface area (Å²) in [5.74, 6) is 0. The molecule has 1 aliphatic heterocycles. The largest absolute Gasteiger partial charge is 0.394 e. The normalized spacial score (nSPS) is 28.5. The lowest BCUT2D eigenvalue weighted by Crippen LogP contribution is -2.32. The van der Waals surface area contributed by atoms with Crippen LogP contribution in [0.4, 0.5) is 0 Å². The summed E-state index contributed by atoms with van der Waals surface area (Å²) in [7, 11) is 1.58. The van der Waals surface area contributed by atoms with Crippen LogP contribution in [0.5, 0.6) is 0 Å². The summed E-state index contributed by atoms with van der Waals surface area (Å²) in [6.45, 7) is -0.266. The smallest absolute Gasteiger partial charge is 0.331 e. The molecule has 0 aromatic carbocycles. The van der Waals surface area contributed by atoms with Crippen molar-refractivity contribution in [3.05, 3.63) is 27.4 Å². The average Bonchev–Trinajstić information content (AvgIpc) is 2.67. The minimum atomic E-state index is -0.759. The Morgan fingerprint density at radius 1 is 1.65 bits per heavy atom. The van der Waals surface area contributed by atoms with Gasteiger partial charge in [0, 0.05) is 19.7 Å². The molecule has 2 rings (SSSR count). The molecule has 0 aliphatic carbocycles. The van der Waals surface area contributed by atoms with Crippen LogP contribution in [0.1, 0.15) is 12.6 Å². The Hall–Kier alpha value is -1.02. The molecule has 0 unspecified atom stereocenters. The standard InChI is InChI=1S/C10H14N2O4S/c1-11-9(17)2-3-12(10(11)15)8-4-6(14)7(5-13)16-8/h2-3,6-8,13-14H,4-5H2,1H3/t6-,7+,8+/m0/s1. The molecule has 1 aromatic heterocycles. The number of hydrogen-bond acceptors (Lipinski definition) is 5. The highest BCUT2D eigenvalue weighted by atomic mass is 32.1. The zero-order valence-electron chi connectivity index (χ0n) is 9.31. The van der Waals surface area contributed by atoms with E-state index >= 15 is 0 Å². The van der Waals surface area contributed by atoms with Crippen LogP contribution in [0.2, 0.25) is 0 Å². The quantitative estimate of drug-likeness (QED) is 0.703. The molecular weight excluding hydrogens is 244 g/mol. The van der Waals surface area contributed by atoms with Gasteiger partial charge in [-0.05, 0) is 6.07 Å². The van der Waals surface area contributed by atoms with Gasteiger partial charge in [0.15, 0.2) is 0 Å². The third-order valence-electron chi connectivity index (χ3n) is 2.91. The van der Waals surface area contributed by atoms with E-state index < -0.39 is 18.4 Å². The van der Waals surface area contributed by atoms with Crippen LogP contribution in [0, 0.1) is 4.64 Å². The Morgan fingerprint density at radius 3 is 2.94 bits per heavy atom. The lowest BCUT2D eigenvalue weighted by atomic mass is 10.2. The van der Waals surface area contributed by atoms with E-state index in [1.807, 2.05) is 0 Å². The molecule has 1 aromatic rings. The van der Waals surface area contributed by atoms with Gasteiger partial charge in [0.05, 0.1) is 12.7 Å². The van der Waals surface area contributed by atoms with Crippen molar-refractivity contribution in [2.45, 2.75) is 24.9 Å². The summed E-state index contributed by atoms with van der Waals surface area (Å²) in [6, 6.07) is 1.62. The molecule has 3 atom stereocenters. The lowest BCUT2D eigenvalue weighted by molar-refractivity contribution is -0.0462. The molecule has 1 fully saturated rings. The van der Waals surface area contributed by atoms with E-state index in [1.54, 1.807) is 19.3 Å². The van der Waals surface area contributed by atoms with Crippen LogP contribution in [-0.2, 0) is 11.8 Å². The van der Waals surface area contributed by atoms with Crippen LogP contribution in [0.3, 0.4) is 0 Å². The number of hydrogen-bond donors (Lipinski definition) is 2. The van der Waals surface area contributed by atoms with Crippen molar-refractivity contribution in [2.24, 2.45) is 7.05 Å². The molecule has 17 heavy (non-hydrogen) atoms. The summed E-state index contributed by atoms with van der Waals surface area (Å²) in [5.41, 5.74) is -0.298. The number of aromatic nitrogens is 2. The van der Waals surface area contributed by atoms with Gasteiger partial charge in [-0.3, -0.25) is 9.13 Å². The molecule has 1 saturated heterocycles. The van der Waals surface area contributed by atoms with Crippen LogP contribution >= 0.6 is 12.2 Å². The van der Waals surface area contributed by atoms with E-state index in [2.05, 4.69) is 0 Å². The molecule has 2 N–H and O–H groups in total. The van der Waals surface area contributed by atoms with Gasteiger partial charge in [0.1, 0.15) is 17.0 Å². The van der Waals surface area contributed by atoms with Crippen molar-refractivity contribution in [2.75, 3.05) is 6.61 Å². The first kappa shape index (κ1) is 12.4. The van der Waals surface area contributed by atoms with Crippen molar-refractivity contribution < 1.29 is 14.9 Å². The Bertz CT molecular complexity index is 524. The fraction of sp³-hybridized carbons (Fsp3) is 0.600. The molecule has 94 valence electrons. The second-order valence-corrected chi connectivity index (χ2v) is 4.44. The van der Waals surface area contributed by atoms with E-state index in [0.29, 0.717) is 4.64 Å². The van der Waals surface area contributed by atoms with E-state index in [4.69, 9.17) is 22.1 Å². The third-order valence-corrected chi connectivity index (χ3v) is 3.32. The van der Waals surface area contributed by atoms with Gasteiger partial charge in [-0.2, -0.15) is 0 Å². The zero-order chi connectivity index (χ0) is 12.6. The Labute approximate surface area is 103 Å². The molecule has 6 nitrogen and oxygen atoms in total. The van der Waals surface area contributed by atoms with Crippen molar-refractivity contribution >= 4 is 12.2 Å². The minimum Gasteiger partial charge on any atom is -0.394 e. The average molecular weight is 258 g/mol. The Kier molecular flexibility index (Phi) is 3.43. The highest BCUT2D eigenvalue weighted by Crippen LogP contribution is 2.27. The highest BCUT2D eigenvalue weighted by molar-refractivity contribution is 7.71. The van der Waals surface area contributed by atoms with Gasteiger partial charge in [-0.25, -0.2) is 4.79 Å². The van der Waals surface area contributed by atoms with Gasteiger partial charge in [-0.1, -0.05) is 12.2 Å². The van der Waals surface area contributed by atoms with Crippen molar-refractivity contribution in [1.82, 2.24) is 9.13 Å². The number of rotatable bonds is 2. The van der Waals surface area contributed by atoms with E-state index in [9.17, 15) is 9.90 Å². The molecule has 0 saturated carbocycles. The molecule has 0 radical (unpaired) electrons. The van der Waals surface area contributed by atoms with Gasteiger partial charge >= 0.3 is 5.69 Å². The topological polar surface area (TPSA) is 76.6 Å². The molecule has 0 spiro atoms. The van der Waals surface area contributed by atoms with Crippen molar-refractivity contribution in [3.8, 4) is 0 Å². The maximum atomic E-state index is 11.9. The fourth-order valence-corrected chi connectivity index (χ4v) is 2.00. The summed E-state index contributed by atoms with van der Waals surface area (Å²) in [4.78, 5) is 11.9. The predicted octanol–water partition coefficient (Wildman–Crippen LogP) is -0.443. The molecule has 0 amide bonds. The van der Waals surface area contributed by atoms with Gasteiger partial charge in [0.25, 0.3) is 0 Å². The Morgan fingerprint density at radius 2 is 2.35 bits per heavy atom. The highest BCUT2D eigenvalue weighted by Gasteiger charge is 2.34. The van der Waals surface area contributed by atoms with Crippen LogP contribution in [0.15, 0.2) is 17.1 Å². The third kappa shape index (κ3) is 2.19. The molecule has 7 heteroatoms. The second kappa shape index (κ2) is 4.69. The first-order valence-electron chi connectivity index (χ1n) is 5.27. The maximum Gasteiger partial charge on any atom is 0.331 e. The Balaban J connectivity index is 2.34. The second-order valence-electron chi connectivity index (χ2n) is 4.02. The number of aliphatic hydroxyl groups is 2. The van der Waals surface area contributed by atoms with Crippen molar-refractivity contribution in [1.29, 1.82) is 0 Å². The van der Waals surface area contributed by atoms with Gasteiger partial charge in [-0.15, -0.1) is 0 Å². The first-order valence-corrected chi connectivity index (χ1v) is 5.68.